The van der Waals surface area contributed by atoms with Crippen molar-refractivity contribution in [1.82, 2.24) is 9.78 Å². The zero-order valence-electron chi connectivity index (χ0n) is 12.4. The summed E-state index contributed by atoms with van der Waals surface area (Å²) in [7, 11) is 0. The molecule has 112 valence electrons. The second kappa shape index (κ2) is 6.06. The van der Waals surface area contributed by atoms with Crippen LogP contribution in [-0.4, -0.2) is 29.0 Å². The van der Waals surface area contributed by atoms with Crippen LogP contribution in [0.3, 0.4) is 0 Å². The molecule has 0 amide bonds. The monoisotopic (exact) mass is 341 g/mol. The first-order valence-electron chi connectivity index (χ1n) is 7.86. The number of aromatic nitrogens is 2. The third kappa shape index (κ3) is 2.50. The van der Waals surface area contributed by atoms with Crippen LogP contribution < -0.4 is 5.32 Å². The van der Waals surface area contributed by atoms with E-state index < -0.39 is 0 Å². The summed E-state index contributed by atoms with van der Waals surface area (Å²) in [5.74, 6) is 1.73. The van der Waals surface area contributed by atoms with Crippen LogP contribution in [0.4, 0.5) is 5.82 Å². The van der Waals surface area contributed by atoms with Crippen molar-refractivity contribution in [2.75, 3.05) is 18.5 Å². The van der Waals surface area contributed by atoms with Gasteiger partial charge < -0.3 is 10.1 Å². The Hall–Kier alpha value is -0.550. The average molecular weight is 342 g/mol. The highest BCUT2D eigenvalue weighted by Crippen LogP contribution is 2.41. The Morgan fingerprint density at radius 2 is 2.05 bits per heavy atom. The number of nitrogens with one attached hydrogen (secondary N) is 1. The first kappa shape index (κ1) is 14.4. The van der Waals surface area contributed by atoms with Gasteiger partial charge in [0.15, 0.2) is 0 Å². The average Bonchev–Trinajstić information content (AvgIpc) is 2.84. The van der Waals surface area contributed by atoms with E-state index in [0.29, 0.717) is 18.0 Å². The minimum atomic E-state index is 0.529. The molecule has 0 aromatic carbocycles. The normalized spacial score (nSPS) is 27.1. The Balaban J connectivity index is 1.93. The van der Waals surface area contributed by atoms with E-state index in [1.54, 1.807) is 0 Å². The first-order chi connectivity index (χ1) is 9.74. The van der Waals surface area contributed by atoms with Crippen molar-refractivity contribution in [3.05, 3.63) is 10.2 Å². The van der Waals surface area contributed by atoms with Crippen molar-refractivity contribution >= 4 is 21.7 Å². The van der Waals surface area contributed by atoms with Crippen LogP contribution in [0.2, 0.25) is 0 Å². The van der Waals surface area contributed by atoms with E-state index >= 15 is 0 Å². The van der Waals surface area contributed by atoms with Gasteiger partial charge in [-0.25, -0.2) is 4.68 Å². The Morgan fingerprint density at radius 1 is 1.30 bits per heavy atom. The molecule has 1 saturated heterocycles. The van der Waals surface area contributed by atoms with Gasteiger partial charge in [0.2, 0.25) is 0 Å². The number of hydrogen-bond acceptors (Lipinski definition) is 3. The maximum atomic E-state index is 5.47. The molecule has 2 aliphatic rings. The lowest BCUT2D eigenvalue weighted by Gasteiger charge is -2.31. The highest BCUT2D eigenvalue weighted by molar-refractivity contribution is 9.10. The molecule has 2 atom stereocenters. The molecule has 3 rings (SSSR count). The fraction of sp³-hybridized carbons (Fsp3) is 0.800. The fourth-order valence-electron chi connectivity index (χ4n) is 3.35. The van der Waals surface area contributed by atoms with Crippen LogP contribution in [0.15, 0.2) is 4.47 Å². The van der Waals surface area contributed by atoms with Crippen molar-refractivity contribution in [1.29, 1.82) is 0 Å². The molecule has 1 aromatic heterocycles. The van der Waals surface area contributed by atoms with Gasteiger partial charge in [0.05, 0.1) is 16.2 Å². The van der Waals surface area contributed by atoms with Crippen molar-refractivity contribution < 1.29 is 4.74 Å². The predicted molar refractivity (Wildman–Crippen MR) is 84.4 cm³/mol. The minimum Gasteiger partial charge on any atom is -0.381 e. The number of fused-ring (bicyclic) bond motifs is 1. The van der Waals surface area contributed by atoms with Gasteiger partial charge >= 0.3 is 0 Å². The molecule has 1 aromatic rings. The van der Waals surface area contributed by atoms with Gasteiger partial charge in [-0.1, -0.05) is 13.8 Å². The van der Waals surface area contributed by atoms with E-state index in [4.69, 9.17) is 9.84 Å². The van der Waals surface area contributed by atoms with E-state index in [9.17, 15) is 0 Å². The van der Waals surface area contributed by atoms with Gasteiger partial charge in [-0.2, -0.15) is 5.10 Å². The van der Waals surface area contributed by atoms with Crippen molar-refractivity contribution in [2.45, 2.75) is 64.0 Å². The minimum absolute atomic E-state index is 0.529. The molecule has 1 N–H and O–H groups in total. The van der Waals surface area contributed by atoms with E-state index in [1.165, 1.54) is 28.8 Å². The molecule has 0 spiro atoms. The van der Waals surface area contributed by atoms with E-state index in [2.05, 4.69) is 39.8 Å². The number of halogens is 1. The summed E-state index contributed by atoms with van der Waals surface area (Å²) in [4.78, 5) is 0. The van der Waals surface area contributed by atoms with Gasteiger partial charge in [0.1, 0.15) is 5.82 Å². The second-order valence-corrected chi connectivity index (χ2v) is 6.72. The lowest BCUT2D eigenvalue weighted by atomic mass is 9.96. The molecular weight excluding hydrogens is 318 g/mol. The largest absolute Gasteiger partial charge is 0.381 e. The van der Waals surface area contributed by atoms with Crippen LogP contribution in [-0.2, 0) is 4.74 Å². The Morgan fingerprint density at radius 3 is 2.70 bits per heavy atom. The van der Waals surface area contributed by atoms with Crippen molar-refractivity contribution in [2.24, 2.45) is 0 Å². The molecule has 2 aliphatic heterocycles. The van der Waals surface area contributed by atoms with E-state index in [-0.39, 0.29) is 0 Å². The smallest absolute Gasteiger partial charge is 0.139 e. The fourth-order valence-corrected chi connectivity index (χ4v) is 4.05. The molecular formula is C15H24BrN3O. The van der Waals surface area contributed by atoms with E-state index in [0.717, 1.165) is 32.5 Å². The molecule has 4 nitrogen and oxygen atoms in total. The van der Waals surface area contributed by atoms with Crippen LogP contribution in [0.1, 0.15) is 63.6 Å². The third-order valence-corrected chi connectivity index (χ3v) is 5.47. The summed E-state index contributed by atoms with van der Waals surface area (Å²) in [5, 5.41) is 8.61. The summed E-state index contributed by atoms with van der Waals surface area (Å²) in [6, 6.07) is 1.10. The van der Waals surface area contributed by atoms with Crippen LogP contribution >= 0.6 is 15.9 Å². The summed E-state index contributed by atoms with van der Waals surface area (Å²) in [6.07, 6.45) is 5.67. The molecule has 2 unspecified atom stereocenters. The number of anilines is 1. The van der Waals surface area contributed by atoms with Crippen LogP contribution in [0.5, 0.6) is 0 Å². The molecule has 0 aliphatic carbocycles. The van der Waals surface area contributed by atoms with Gasteiger partial charge in [-0.05, 0) is 48.0 Å². The Bertz CT molecular complexity index is 468. The number of rotatable bonds is 3. The topological polar surface area (TPSA) is 39.1 Å². The lowest BCUT2D eigenvalue weighted by Crippen LogP contribution is -2.31. The van der Waals surface area contributed by atoms with Gasteiger partial charge in [-0.3, -0.25) is 0 Å². The van der Waals surface area contributed by atoms with Crippen molar-refractivity contribution in [3.8, 4) is 0 Å². The lowest BCUT2D eigenvalue weighted by molar-refractivity contribution is 0.0841. The highest BCUT2D eigenvalue weighted by Gasteiger charge is 2.31. The van der Waals surface area contributed by atoms with Gasteiger partial charge in [0.25, 0.3) is 0 Å². The number of hydrogen-bond donors (Lipinski definition) is 1. The third-order valence-electron chi connectivity index (χ3n) is 4.69. The summed E-state index contributed by atoms with van der Waals surface area (Å²) in [6.45, 7) is 6.24. The molecule has 0 radical (unpaired) electrons. The summed E-state index contributed by atoms with van der Waals surface area (Å²) >= 11 is 3.80. The van der Waals surface area contributed by atoms with E-state index in [1.807, 2.05) is 0 Å². The predicted octanol–water partition coefficient (Wildman–Crippen LogP) is 4.08. The van der Waals surface area contributed by atoms with Gasteiger partial charge in [0, 0.05) is 25.2 Å². The Kier molecular flexibility index (Phi) is 4.36. The summed E-state index contributed by atoms with van der Waals surface area (Å²) < 4.78 is 8.88. The highest BCUT2D eigenvalue weighted by atomic mass is 79.9. The molecule has 1 fully saturated rings. The second-order valence-electron chi connectivity index (χ2n) is 5.93. The van der Waals surface area contributed by atoms with Crippen LogP contribution in [0, 0.1) is 0 Å². The van der Waals surface area contributed by atoms with Crippen LogP contribution in [0.25, 0.3) is 0 Å². The maximum absolute atomic E-state index is 5.47. The zero-order chi connectivity index (χ0) is 14.1. The summed E-state index contributed by atoms with van der Waals surface area (Å²) in [5.41, 5.74) is 1.23. The zero-order valence-corrected chi connectivity index (χ0v) is 13.9. The SMILES string of the molecule is CCC1CC(CC)n2nc(C3CCOCC3)c(Br)c2N1. The Labute approximate surface area is 129 Å². The molecule has 0 bridgehead atoms. The maximum Gasteiger partial charge on any atom is 0.139 e. The number of ether oxygens (including phenoxy) is 1. The molecule has 20 heavy (non-hydrogen) atoms. The van der Waals surface area contributed by atoms with Crippen molar-refractivity contribution in [3.63, 3.8) is 0 Å². The molecule has 3 heterocycles. The first-order valence-corrected chi connectivity index (χ1v) is 8.66. The molecule has 5 heteroatoms. The quantitative estimate of drug-likeness (QED) is 0.899. The standard InChI is InChI=1S/C15H24BrN3O/c1-3-11-9-12(4-2)19-15(17-11)13(16)14(18-19)10-5-7-20-8-6-10/h10-12,17H,3-9H2,1-2H3. The number of nitrogens with zero attached hydrogens (tertiary/aromatic N) is 2. The molecule has 0 saturated carbocycles. The van der Waals surface area contributed by atoms with Gasteiger partial charge in [-0.15, -0.1) is 0 Å².